The van der Waals surface area contributed by atoms with E-state index in [1.54, 1.807) is 61.1 Å². The molecule has 0 aliphatic carbocycles. The van der Waals surface area contributed by atoms with Crippen molar-refractivity contribution >= 4 is 22.0 Å². The van der Waals surface area contributed by atoms with Crippen LogP contribution in [0, 0.1) is 5.82 Å². The van der Waals surface area contributed by atoms with Crippen LogP contribution in [-0.2, 0) is 21.4 Å². The molecule has 0 saturated carbocycles. The largest absolute Gasteiger partial charge is 0.348 e. The Balaban J connectivity index is 1.58. The van der Waals surface area contributed by atoms with Crippen molar-refractivity contribution in [1.82, 2.24) is 19.2 Å². The number of amides is 1. The van der Waals surface area contributed by atoms with E-state index in [4.69, 9.17) is 0 Å². The standard InChI is InChI=1S/C23H25FN4O3S/c1-3-28(4-2)32(30,31)20-9-5-18(6-10-20)8-12-23(29)26-16-19-7-11-22(21(24)15-19)27-14-13-25-17-27/h5-15,17H,3-4,16H2,1-2H3,(H,26,29). The number of carbonyl (C=O) groups excluding carboxylic acids is 1. The third-order valence-electron chi connectivity index (χ3n) is 4.91. The van der Waals surface area contributed by atoms with Gasteiger partial charge in [-0.05, 0) is 41.5 Å². The van der Waals surface area contributed by atoms with Crippen molar-refractivity contribution < 1.29 is 17.6 Å². The quantitative estimate of drug-likeness (QED) is 0.501. The van der Waals surface area contributed by atoms with Gasteiger partial charge in [0.25, 0.3) is 0 Å². The Morgan fingerprint density at radius 2 is 1.88 bits per heavy atom. The van der Waals surface area contributed by atoms with E-state index in [1.807, 2.05) is 0 Å². The average molecular weight is 457 g/mol. The summed E-state index contributed by atoms with van der Waals surface area (Å²) >= 11 is 0. The molecule has 1 N–H and O–H groups in total. The lowest BCUT2D eigenvalue weighted by Gasteiger charge is -2.18. The van der Waals surface area contributed by atoms with Crippen LogP contribution in [0.3, 0.4) is 0 Å². The van der Waals surface area contributed by atoms with E-state index in [0.717, 1.165) is 0 Å². The molecule has 9 heteroatoms. The third kappa shape index (κ3) is 5.49. The second-order valence-electron chi connectivity index (χ2n) is 6.97. The summed E-state index contributed by atoms with van der Waals surface area (Å²) in [6.07, 6.45) is 7.67. The number of imidazole rings is 1. The molecule has 3 rings (SSSR count). The second kappa shape index (κ2) is 10.3. The Kier molecular flexibility index (Phi) is 7.55. The summed E-state index contributed by atoms with van der Waals surface area (Å²) in [6.45, 7) is 4.55. The molecule has 1 amide bonds. The molecule has 0 atom stereocenters. The molecule has 0 aliphatic rings. The number of halogens is 1. The van der Waals surface area contributed by atoms with Gasteiger partial charge in [0.05, 0.1) is 16.9 Å². The van der Waals surface area contributed by atoms with Crippen LogP contribution in [0.5, 0.6) is 0 Å². The van der Waals surface area contributed by atoms with Crippen LogP contribution < -0.4 is 5.32 Å². The summed E-state index contributed by atoms with van der Waals surface area (Å²) in [5.41, 5.74) is 1.69. The highest BCUT2D eigenvalue weighted by Crippen LogP contribution is 2.17. The van der Waals surface area contributed by atoms with Crippen molar-refractivity contribution in [2.24, 2.45) is 0 Å². The van der Waals surface area contributed by atoms with Crippen molar-refractivity contribution in [3.63, 3.8) is 0 Å². The number of sulfonamides is 1. The summed E-state index contributed by atoms with van der Waals surface area (Å²) in [5.74, 6) is -0.756. The fourth-order valence-electron chi connectivity index (χ4n) is 3.15. The van der Waals surface area contributed by atoms with Crippen LogP contribution in [0.2, 0.25) is 0 Å². The number of nitrogens with one attached hydrogen (secondary N) is 1. The Hall–Kier alpha value is -3.30. The van der Waals surface area contributed by atoms with Crippen LogP contribution in [0.25, 0.3) is 11.8 Å². The third-order valence-corrected chi connectivity index (χ3v) is 6.98. The van der Waals surface area contributed by atoms with Gasteiger partial charge in [0.1, 0.15) is 5.82 Å². The normalized spacial score (nSPS) is 11.9. The molecule has 7 nitrogen and oxygen atoms in total. The van der Waals surface area contributed by atoms with Gasteiger partial charge < -0.3 is 9.88 Å². The number of benzene rings is 2. The highest BCUT2D eigenvalue weighted by Gasteiger charge is 2.20. The lowest BCUT2D eigenvalue weighted by atomic mass is 10.2. The number of aromatic nitrogens is 2. The van der Waals surface area contributed by atoms with Gasteiger partial charge in [0.15, 0.2) is 0 Å². The zero-order valence-electron chi connectivity index (χ0n) is 17.9. The highest BCUT2D eigenvalue weighted by atomic mass is 32.2. The van der Waals surface area contributed by atoms with E-state index in [1.165, 1.54) is 34.9 Å². The molecular formula is C23H25FN4O3S. The predicted octanol–water partition coefficient (Wildman–Crippen LogP) is 3.37. The number of rotatable bonds is 9. The summed E-state index contributed by atoms with van der Waals surface area (Å²) in [6, 6.07) is 11.1. The lowest BCUT2D eigenvalue weighted by molar-refractivity contribution is -0.116. The highest BCUT2D eigenvalue weighted by molar-refractivity contribution is 7.89. The summed E-state index contributed by atoms with van der Waals surface area (Å²) in [5, 5.41) is 2.70. The molecule has 0 fully saturated rings. The van der Waals surface area contributed by atoms with Crippen molar-refractivity contribution in [1.29, 1.82) is 0 Å². The van der Waals surface area contributed by atoms with E-state index < -0.39 is 15.8 Å². The van der Waals surface area contributed by atoms with E-state index >= 15 is 0 Å². The number of carbonyl (C=O) groups is 1. The Morgan fingerprint density at radius 1 is 1.16 bits per heavy atom. The van der Waals surface area contributed by atoms with Crippen molar-refractivity contribution in [3.8, 4) is 5.69 Å². The number of hydrogen-bond donors (Lipinski definition) is 1. The molecule has 0 spiro atoms. The smallest absolute Gasteiger partial charge is 0.244 e. The molecule has 0 bridgehead atoms. The average Bonchev–Trinajstić information content (AvgIpc) is 3.32. The minimum atomic E-state index is -3.52. The van der Waals surface area contributed by atoms with Gasteiger partial charge in [-0.15, -0.1) is 0 Å². The van der Waals surface area contributed by atoms with Gasteiger partial charge in [-0.2, -0.15) is 4.31 Å². The first-order valence-corrected chi connectivity index (χ1v) is 11.6. The molecule has 0 aliphatic heterocycles. The molecule has 2 aromatic carbocycles. The first kappa shape index (κ1) is 23.4. The van der Waals surface area contributed by atoms with Crippen LogP contribution >= 0.6 is 0 Å². The van der Waals surface area contributed by atoms with E-state index in [-0.39, 0.29) is 17.3 Å². The molecule has 1 heterocycles. The minimum absolute atomic E-state index is 0.172. The van der Waals surface area contributed by atoms with Gasteiger partial charge in [-0.25, -0.2) is 17.8 Å². The zero-order chi connectivity index (χ0) is 23.1. The van der Waals surface area contributed by atoms with Gasteiger partial charge in [0, 0.05) is 38.1 Å². The molecule has 32 heavy (non-hydrogen) atoms. The first-order valence-electron chi connectivity index (χ1n) is 10.2. The van der Waals surface area contributed by atoms with E-state index in [0.29, 0.717) is 29.9 Å². The topological polar surface area (TPSA) is 84.3 Å². The maximum absolute atomic E-state index is 14.3. The van der Waals surface area contributed by atoms with E-state index in [9.17, 15) is 17.6 Å². The molecule has 1 aromatic heterocycles. The minimum Gasteiger partial charge on any atom is -0.348 e. The van der Waals surface area contributed by atoms with Crippen LogP contribution in [0.15, 0.2) is 72.2 Å². The Morgan fingerprint density at radius 3 is 2.47 bits per heavy atom. The first-order chi connectivity index (χ1) is 15.3. The molecule has 3 aromatic rings. The van der Waals surface area contributed by atoms with Crippen LogP contribution in [0.1, 0.15) is 25.0 Å². The summed E-state index contributed by atoms with van der Waals surface area (Å²) in [4.78, 5) is 16.2. The molecule has 0 unspecified atom stereocenters. The molecule has 168 valence electrons. The number of nitrogens with zero attached hydrogens (tertiary/aromatic N) is 3. The fraction of sp³-hybridized carbons (Fsp3) is 0.217. The van der Waals surface area contributed by atoms with Gasteiger partial charge in [-0.1, -0.05) is 32.0 Å². The van der Waals surface area contributed by atoms with Gasteiger partial charge >= 0.3 is 0 Å². The molecule has 0 radical (unpaired) electrons. The summed E-state index contributed by atoms with van der Waals surface area (Å²) in [7, 11) is -3.52. The maximum Gasteiger partial charge on any atom is 0.244 e. The molecular weight excluding hydrogens is 431 g/mol. The Bertz CT molecular complexity index is 1190. The van der Waals surface area contributed by atoms with Crippen molar-refractivity contribution in [3.05, 3.63) is 84.2 Å². The SMILES string of the molecule is CCN(CC)S(=O)(=O)c1ccc(C=CC(=O)NCc2ccc(-n3ccnc3)c(F)c2)cc1. The number of hydrogen-bond acceptors (Lipinski definition) is 4. The van der Waals surface area contributed by atoms with E-state index in [2.05, 4.69) is 10.3 Å². The monoisotopic (exact) mass is 456 g/mol. The second-order valence-corrected chi connectivity index (χ2v) is 8.90. The van der Waals surface area contributed by atoms with Crippen molar-refractivity contribution in [2.75, 3.05) is 13.1 Å². The van der Waals surface area contributed by atoms with Gasteiger partial charge in [-0.3, -0.25) is 4.79 Å². The molecule has 0 saturated heterocycles. The summed E-state index contributed by atoms with van der Waals surface area (Å²) < 4.78 is 42.3. The van der Waals surface area contributed by atoms with Crippen molar-refractivity contribution in [2.45, 2.75) is 25.3 Å². The Labute approximate surface area is 187 Å². The van der Waals surface area contributed by atoms with Crippen LogP contribution in [0.4, 0.5) is 4.39 Å². The fourth-order valence-corrected chi connectivity index (χ4v) is 4.61. The van der Waals surface area contributed by atoms with Gasteiger partial charge in [0.2, 0.25) is 15.9 Å². The predicted molar refractivity (Wildman–Crippen MR) is 121 cm³/mol. The lowest BCUT2D eigenvalue weighted by Crippen LogP contribution is -2.30. The maximum atomic E-state index is 14.3. The zero-order valence-corrected chi connectivity index (χ0v) is 18.7. The van der Waals surface area contributed by atoms with Crippen LogP contribution in [-0.4, -0.2) is 41.3 Å².